The van der Waals surface area contributed by atoms with Crippen LogP contribution in [0.2, 0.25) is 0 Å². The first-order valence-electron chi connectivity index (χ1n) is 7.08. The van der Waals surface area contributed by atoms with Crippen LogP contribution in [0.3, 0.4) is 0 Å². The first-order valence-corrected chi connectivity index (χ1v) is 7.08. The topological polar surface area (TPSA) is 55.4 Å². The lowest BCUT2D eigenvalue weighted by molar-refractivity contribution is -0.144. The largest absolute Gasteiger partial charge is 0.466 e. The van der Waals surface area contributed by atoms with Crippen LogP contribution in [0.15, 0.2) is 0 Å². The molecule has 1 amide bonds. The summed E-state index contributed by atoms with van der Waals surface area (Å²) < 4.78 is 4.79. The van der Waals surface area contributed by atoms with Crippen molar-refractivity contribution in [3.05, 3.63) is 0 Å². The summed E-state index contributed by atoms with van der Waals surface area (Å²) in [4.78, 5) is 22.8. The van der Waals surface area contributed by atoms with Crippen molar-refractivity contribution in [3.8, 4) is 0 Å². The molecular weight excluding hydrogens is 230 g/mol. The van der Waals surface area contributed by atoms with Crippen LogP contribution >= 0.6 is 0 Å². The number of hydrogen-bond donors (Lipinski definition) is 1. The molecule has 1 saturated carbocycles. The van der Waals surface area contributed by atoms with E-state index in [0.717, 1.165) is 0 Å². The minimum Gasteiger partial charge on any atom is -0.466 e. The highest BCUT2D eigenvalue weighted by Crippen LogP contribution is 2.26. The molecule has 0 radical (unpaired) electrons. The highest BCUT2D eigenvalue weighted by molar-refractivity contribution is 5.81. The van der Waals surface area contributed by atoms with E-state index in [2.05, 4.69) is 12.2 Å². The number of amides is 1. The smallest absolute Gasteiger partial charge is 0.306 e. The number of carbonyl (C=O) groups is 2. The Hall–Kier alpha value is -1.06. The predicted octanol–water partition coefficient (Wildman–Crippen LogP) is 2.41. The maximum Gasteiger partial charge on any atom is 0.306 e. The molecule has 18 heavy (non-hydrogen) atoms. The molecule has 1 N–H and O–H groups in total. The zero-order valence-corrected chi connectivity index (χ0v) is 11.5. The molecule has 0 saturated heterocycles. The summed E-state index contributed by atoms with van der Waals surface area (Å²) >= 11 is 0. The summed E-state index contributed by atoms with van der Waals surface area (Å²) in [6.07, 6.45) is 6.69. The Morgan fingerprint density at radius 1 is 1.22 bits per heavy atom. The molecule has 0 aromatic carbocycles. The van der Waals surface area contributed by atoms with Gasteiger partial charge in [0.1, 0.15) is 0 Å². The summed E-state index contributed by atoms with van der Waals surface area (Å²) in [6.45, 7) is 4.21. The monoisotopic (exact) mass is 255 g/mol. The van der Waals surface area contributed by atoms with E-state index in [1.165, 1.54) is 32.1 Å². The number of nitrogens with one attached hydrogen (secondary N) is 1. The zero-order valence-electron chi connectivity index (χ0n) is 11.5. The average Bonchev–Trinajstić information content (AvgIpc) is 2.38. The van der Waals surface area contributed by atoms with Gasteiger partial charge in [-0.15, -0.1) is 0 Å². The van der Waals surface area contributed by atoms with Gasteiger partial charge in [-0.25, -0.2) is 0 Å². The van der Waals surface area contributed by atoms with Gasteiger partial charge in [0.15, 0.2) is 0 Å². The van der Waals surface area contributed by atoms with Crippen molar-refractivity contribution >= 4 is 11.9 Å². The van der Waals surface area contributed by atoms with Gasteiger partial charge in [0, 0.05) is 12.5 Å². The van der Waals surface area contributed by atoms with Crippen molar-refractivity contribution in [2.24, 2.45) is 5.92 Å². The second-order valence-electron chi connectivity index (χ2n) is 5.06. The van der Waals surface area contributed by atoms with E-state index >= 15 is 0 Å². The summed E-state index contributed by atoms with van der Waals surface area (Å²) in [6, 6.07) is 0.222. The van der Waals surface area contributed by atoms with Gasteiger partial charge in [0.25, 0.3) is 0 Å². The highest BCUT2D eigenvalue weighted by Gasteiger charge is 2.21. The fourth-order valence-corrected chi connectivity index (χ4v) is 2.53. The summed E-state index contributed by atoms with van der Waals surface area (Å²) in [5, 5.41) is 3.00. The Morgan fingerprint density at radius 2 is 1.89 bits per heavy atom. The molecule has 1 aliphatic rings. The van der Waals surface area contributed by atoms with Gasteiger partial charge in [-0.1, -0.05) is 19.3 Å². The Labute approximate surface area is 109 Å². The van der Waals surface area contributed by atoms with Gasteiger partial charge < -0.3 is 10.1 Å². The lowest BCUT2D eigenvalue weighted by atomic mass is 9.84. The van der Waals surface area contributed by atoms with Gasteiger partial charge in [0.2, 0.25) is 5.91 Å². The third-order valence-corrected chi connectivity index (χ3v) is 3.61. The lowest BCUT2D eigenvalue weighted by Gasteiger charge is -2.28. The van der Waals surface area contributed by atoms with E-state index in [1.54, 1.807) is 6.92 Å². The maximum atomic E-state index is 11.7. The maximum absolute atomic E-state index is 11.7. The highest BCUT2D eigenvalue weighted by atomic mass is 16.5. The zero-order chi connectivity index (χ0) is 13.4. The molecule has 4 nitrogen and oxygen atoms in total. The van der Waals surface area contributed by atoms with E-state index in [1.807, 2.05) is 0 Å². The van der Waals surface area contributed by atoms with Gasteiger partial charge in [-0.2, -0.15) is 0 Å². The second-order valence-corrected chi connectivity index (χ2v) is 5.06. The Balaban J connectivity index is 2.20. The summed E-state index contributed by atoms with van der Waals surface area (Å²) in [5.74, 6) is 0.268. The fraction of sp³-hybridized carbons (Fsp3) is 0.857. The first-order chi connectivity index (χ1) is 8.63. The average molecular weight is 255 g/mol. The van der Waals surface area contributed by atoms with Crippen LogP contribution in [0.1, 0.15) is 58.8 Å². The third kappa shape index (κ3) is 5.52. The van der Waals surface area contributed by atoms with Gasteiger partial charge in [-0.05, 0) is 32.6 Å². The molecule has 1 fully saturated rings. The molecule has 0 heterocycles. The van der Waals surface area contributed by atoms with Crippen molar-refractivity contribution in [1.82, 2.24) is 5.32 Å². The van der Waals surface area contributed by atoms with Crippen molar-refractivity contribution in [2.45, 2.75) is 64.8 Å². The van der Waals surface area contributed by atoms with Crippen LogP contribution in [0.25, 0.3) is 0 Å². The van der Waals surface area contributed by atoms with Gasteiger partial charge >= 0.3 is 5.97 Å². The standard InChI is InChI=1S/C14H25NO3/c1-3-18-14(17)10-9-13(16)15-11(2)12-7-5-4-6-8-12/h11-12H,3-10H2,1-2H3,(H,15,16). The Morgan fingerprint density at radius 3 is 2.50 bits per heavy atom. The normalized spacial score (nSPS) is 18.1. The van der Waals surface area contributed by atoms with E-state index in [4.69, 9.17) is 4.74 Å². The minimum atomic E-state index is -0.294. The van der Waals surface area contributed by atoms with E-state index in [9.17, 15) is 9.59 Å². The minimum absolute atomic E-state index is 0.0406. The quantitative estimate of drug-likeness (QED) is 0.742. The van der Waals surface area contributed by atoms with E-state index in [0.29, 0.717) is 12.5 Å². The van der Waals surface area contributed by atoms with Crippen molar-refractivity contribution in [1.29, 1.82) is 0 Å². The molecule has 1 aliphatic carbocycles. The van der Waals surface area contributed by atoms with Crippen LogP contribution in [0.4, 0.5) is 0 Å². The first kappa shape index (κ1) is 15.0. The SMILES string of the molecule is CCOC(=O)CCC(=O)NC(C)C1CCCCC1. The number of carbonyl (C=O) groups excluding carboxylic acids is 2. The number of rotatable bonds is 6. The molecule has 0 aromatic rings. The molecule has 1 rings (SSSR count). The van der Waals surface area contributed by atoms with Crippen LogP contribution in [0, 0.1) is 5.92 Å². The number of hydrogen-bond acceptors (Lipinski definition) is 3. The molecule has 104 valence electrons. The van der Waals surface area contributed by atoms with Crippen LogP contribution in [0.5, 0.6) is 0 Å². The number of ether oxygens (including phenoxy) is 1. The molecule has 1 unspecified atom stereocenters. The van der Waals surface area contributed by atoms with Crippen LogP contribution in [-0.2, 0) is 14.3 Å². The molecule has 4 heteroatoms. The Kier molecular flexibility index (Phi) is 6.76. The number of esters is 1. The fourth-order valence-electron chi connectivity index (χ4n) is 2.53. The Bertz CT molecular complexity index is 272. The van der Waals surface area contributed by atoms with Crippen LogP contribution < -0.4 is 5.32 Å². The molecule has 0 aliphatic heterocycles. The molecule has 0 bridgehead atoms. The second kappa shape index (κ2) is 8.11. The summed E-state index contributed by atoms with van der Waals surface area (Å²) in [7, 11) is 0. The third-order valence-electron chi connectivity index (χ3n) is 3.61. The van der Waals surface area contributed by atoms with Gasteiger partial charge in [0.05, 0.1) is 13.0 Å². The van der Waals surface area contributed by atoms with Crippen molar-refractivity contribution in [3.63, 3.8) is 0 Å². The van der Waals surface area contributed by atoms with E-state index < -0.39 is 0 Å². The molecule has 1 atom stereocenters. The lowest BCUT2D eigenvalue weighted by Crippen LogP contribution is -2.39. The predicted molar refractivity (Wildman–Crippen MR) is 70.0 cm³/mol. The van der Waals surface area contributed by atoms with Crippen molar-refractivity contribution in [2.75, 3.05) is 6.61 Å². The molecule has 0 aromatic heterocycles. The van der Waals surface area contributed by atoms with Crippen molar-refractivity contribution < 1.29 is 14.3 Å². The molecule has 0 spiro atoms. The van der Waals surface area contributed by atoms with Gasteiger partial charge in [-0.3, -0.25) is 9.59 Å². The summed E-state index contributed by atoms with van der Waals surface area (Å²) in [5.41, 5.74) is 0. The molecular formula is C14H25NO3. The van der Waals surface area contributed by atoms with E-state index in [-0.39, 0.29) is 30.8 Å². The van der Waals surface area contributed by atoms with Crippen LogP contribution in [-0.4, -0.2) is 24.5 Å².